The van der Waals surface area contributed by atoms with E-state index in [4.69, 9.17) is 14.5 Å². The van der Waals surface area contributed by atoms with Crippen molar-refractivity contribution in [3.05, 3.63) is 32.9 Å². The van der Waals surface area contributed by atoms with Crippen LogP contribution in [0, 0.1) is 0 Å². The molecule has 0 aliphatic carbocycles. The van der Waals surface area contributed by atoms with Gasteiger partial charge in [-0.25, -0.2) is 4.98 Å². The maximum absolute atomic E-state index is 13.1. The molecule has 0 saturated heterocycles. The molecule has 10 heteroatoms. The van der Waals surface area contributed by atoms with Crippen molar-refractivity contribution in [1.29, 1.82) is 0 Å². The number of carbonyl (C=O) groups excluding carboxylic acids is 1. The van der Waals surface area contributed by atoms with Crippen LogP contribution in [0.15, 0.2) is 28.1 Å². The summed E-state index contributed by atoms with van der Waals surface area (Å²) in [5.41, 5.74) is 0.814. The molecule has 1 aromatic carbocycles. The van der Waals surface area contributed by atoms with Gasteiger partial charge in [-0.1, -0.05) is 11.3 Å². The number of anilines is 1. The first-order chi connectivity index (χ1) is 13.0. The van der Waals surface area contributed by atoms with E-state index < -0.39 is 0 Å². The van der Waals surface area contributed by atoms with E-state index in [0.717, 1.165) is 26.3 Å². The molecule has 1 aliphatic rings. The SMILES string of the molecule is CN(C)CCN(C(=O)c1ccc(Br)s1)c1nc2cc3c(cc2s1)OCCO3.Cl. The van der Waals surface area contributed by atoms with Gasteiger partial charge < -0.3 is 14.4 Å². The third-order valence-electron chi connectivity index (χ3n) is 4.07. The number of halogens is 2. The van der Waals surface area contributed by atoms with Crippen molar-refractivity contribution in [1.82, 2.24) is 9.88 Å². The van der Waals surface area contributed by atoms with E-state index >= 15 is 0 Å². The maximum atomic E-state index is 13.1. The van der Waals surface area contributed by atoms with Crippen LogP contribution in [0.25, 0.3) is 10.2 Å². The summed E-state index contributed by atoms with van der Waals surface area (Å²) in [6, 6.07) is 7.57. The van der Waals surface area contributed by atoms with Crippen molar-refractivity contribution in [2.45, 2.75) is 0 Å². The van der Waals surface area contributed by atoms with Crippen LogP contribution in [0.3, 0.4) is 0 Å². The largest absolute Gasteiger partial charge is 0.486 e. The van der Waals surface area contributed by atoms with Gasteiger partial charge in [-0.2, -0.15) is 0 Å². The van der Waals surface area contributed by atoms with E-state index in [1.54, 1.807) is 4.90 Å². The predicted octanol–water partition coefficient (Wildman–Crippen LogP) is 4.52. The third kappa shape index (κ3) is 4.44. The number of nitrogens with zero attached hydrogens (tertiary/aromatic N) is 3. The van der Waals surface area contributed by atoms with Crippen LogP contribution in [0.2, 0.25) is 0 Å². The maximum Gasteiger partial charge on any atom is 0.270 e. The second-order valence-corrected chi connectivity index (χ2v) is 9.80. The van der Waals surface area contributed by atoms with Crippen molar-refractivity contribution in [2.24, 2.45) is 0 Å². The molecular weight excluding hydrogens is 486 g/mol. The number of aromatic nitrogens is 1. The number of fused-ring (bicyclic) bond motifs is 2. The summed E-state index contributed by atoms with van der Waals surface area (Å²) in [6.45, 7) is 2.39. The van der Waals surface area contributed by atoms with Crippen molar-refractivity contribution < 1.29 is 14.3 Å². The number of carbonyl (C=O) groups is 1. The molecule has 0 atom stereocenters. The molecule has 3 heterocycles. The zero-order chi connectivity index (χ0) is 19.0. The Morgan fingerprint density at radius 1 is 1.14 bits per heavy atom. The molecule has 0 saturated carbocycles. The average molecular weight is 505 g/mol. The monoisotopic (exact) mass is 503 g/mol. The van der Waals surface area contributed by atoms with E-state index in [1.165, 1.54) is 22.7 Å². The molecule has 6 nitrogen and oxygen atoms in total. The summed E-state index contributed by atoms with van der Waals surface area (Å²) < 4.78 is 13.2. The first-order valence-electron chi connectivity index (χ1n) is 8.43. The number of benzene rings is 1. The van der Waals surface area contributed by atoms with Crippen LogP contribution in [0.4, 0.5) is 5.13 Å². The van der Waals surface area contributed by atoms with Crippen LogP contribution in [0.5, 0.6) is 11.5 Å². The van der Waals surface area contributed by atoms with Crippen LogP contribution in [-0.2, 0) is 0 Å². The summed E-state index contributed by atoms with van der Waals surface area (Å²) >= 11 is 6.35. The smallest absolute Gasteiger partial charge is 0.270 e. The fourth-order valence-corrected chi connectivity index (χ4v) is 5.05. The van der Waals surface area contributed by atoms with Gasteiger partial charge in [0.25, 0.3) is 5.91 Å². The molecule has 0 N–H and O–H groups in total. The fourth-order valence-electron chi connectivity index (χ4n) is 2.71. The Labute approximate surface area is 185 Å². The number of likely N-dealkylation sites (N-methyl/N-ethyl adjacent to an activating group) is 1. The summed E-state index contributed by atoms with van der Waals surface area (Å²) in [7, 11) is 3.98. The van der Waals surface area contributed by atoms with Gasteiger partial charge in [-0.15, -0.1) is 23.7 Å². The number of rotatable bonds is 5. The fraction of sp³-hybridized carbons (Fsp3) is 0.333. The summed E-state index contributed by atoms with van der Waals surface area (Å²) in [5.74, 6) is 1.40. The third-order valence-corrected chi connectivity index (χ3v) is 6.72. The standard InChI is InChI=1S/C18H18BrN3O3S2.ClH/c1-21(2)5-6-22(17(23)14-3-4-16(19)26-14)18-20-11-9-12-13(10-15(11)27-18)25-8-7-24-12;/h3-4,9-10H,5-8H2,1-2H3;1H. The van der Waals surface area contributed by atoms with Gasteiger partial charge in [0.1, 0.15) is 13.2 Å². The highest BCUT2D eigenvalue weighted by Gasteiger charge is 2.24. The molecule has 4 rings (SSSR count). The zero-order valence-electron chi connectivity index (χ0n) is 15.3. The van der Waals surface area contributed by atoms with Crippen molar-refractivity contribution in [2.75, 3.05) is 45.3 Å². The second-order valence-electron chi connectivity index (χ2n) is 6.32. The lowest BCUT2D eigenvalue weighted by Gasteiger charge is -2.21. The Morgan fingerprint density at radius 2 is 1.86 bits per heavy atom. The summed E-state index contributed by atoms with van der Waals surface area (Å²) in [4.78, 5) is 22.3. The molecule has 150 valence electrons. The lowest BCUT2D eigenvalue weighted by molar-refractivity contribution is 0.0989. The highest BCUT2D eigenvalue weighted by molar-refractivity contribution is 9.11. The number of thiophene rings is 1. The first kappa shape index (κ1) is 21.3. The number of hydrogen-bond acceptors (Lipinski definition) is 7. The quantitative estimate of drug-likeness (QED) is 0.511. The summed E-state index contributed by atoms with van der Waals surface area (Å²) in [6.07, 6.45) is 0. The Hall–Kier alpha value is -1.39. The summed E-state index contributed by atoms with van der Waals surface area (Å²) in [5, 5.41) is 0.684. The lowest BCUT2D eigenvalue weighted by Crippen LogP contribution is -2.36. The number of hydrogen-bond donors (Lipinski definition) is 0. The number of ether oxygens (including phenoxy) is 2. The minimum Gasteiger partial charge on any atom is -0.486 e. The Morgan fingerprint density at radius 3 is 2.50 bits per heavy atom. The van der Waals surface area contributed by atoms with Gasteiger partial charge in [0.2, 0.25) is 0 Å². The molecule has 0 bridgehead atoms. The normalized spacial score (nSPS) is 12.9. The van der Waals surface area contributed by atoms with Gasteiger partial charge >= 0.3 is 0 Å². The van der Waals surface area contributed by atoms with Gasteiger partial charge in [0.05, 0.1) is 18.9 Å². The van der Waals surface area contributed by atoms with Gasteiger partial charge in [-0.05, 0) is 42.2 Å². The molecular formula is C18H19BrClN3O3S2. The van der Waals surface area contributed by atoms with E-state index in [2.05, 4.69) is 20.8 Å². The van der Waals surface area contributed by atoms with Gasteiger partial charge in [-0.3, -0.25) is 9.69 Å². The van der Waals surface area contributed by atoms with Crippen LogP contribution < -0.4 is 14.4 Å². The average Bonchev–Trinajstić information content (AvgIpc) is 3.25. The van der Waals surface area contributed by atoms with Crippen molar-refractivity contribution in [3.8, 4) is 11.5 Å². The van der Waals surface area contributed by atoms with Gasteiger partial charge in [0.15, 0.2) is 16.6 Å². The molecule has 0 unspecified atom stereocenters. The van der Waals surface area contributed by atoms with Crippen LogP contribution >= 0.6 is 51.0 Å². The Bertz CT molecular complexity index is 949. The van der Waals surface area contributed by atoms with Crippen LogP contribution in [-0.4, -0.2) is 56.2 Å². The molecule has 0 spiro atoms. The van der Waals surface area contributed by atoms with E-state index in [1.807, 2.05) is 38.4 Å². The molecule has 0 fully saturated rings. The molecule has 28 heavy (non-hydrogen) atoms. The minimum atomic E-state index is -0.0381. The second kappa shape index (κ2) is 8.96. The highest BCUT2D eigenvalue weighted by atomic mass is 79.9. The lowest BCUT2D eigenvalue weighted by atomic mass is 10.3. The van der Waals surface area contributed by atoms with E-state index in [9.17, 15) is 4.79 Å². The highest BCUT2D eigenvalue weighted by Crippen LogP contribution is 2.39. The molecule has 3 aromatic rings. The molecule has 2 aromatic heterocycles. The van der Waals surface area contributed by atoms with Gasteiger partial charge in [0, 0.05) is 25.2 Å². The predicted molar refractivity (Wildman–Crippen MR) is 120 cm³/mol. The number of thiazole rings is 1. The Kier molecular flexibility index (Phi) is 6.82. The van der Waals surface area contributed by atoms with Crippen molar-refractivity contribution >= 4 is 72.3 Å². The molecule has 0 radical (unpaired) electrons. The molecule has 1 amide bonds. The first-order valence-corrected chi connectivity index (χ1v) is 10.9. The number of amides is 1. The minimum absolute atomic E-state index is 0. The zero-order valence-corrected chi connectivity index (χ0v) is 19.3. The Balaban J connectivity index is 0.00000225. The van der Waals surface area contributed by atoms with E-state index in [0.29, 0.717) is 35.5 Å². The van der Waals surface area contributed by atoms with E-state index in [-0.39, 0.29) is 18.3 Å². The van der Waals surface area contributed by atoms with Crippen LogP contribution in [0.1, 0.15) is 9.67 Å². The molecule has 1 aliphatic heterocycles. The van der Waals surface area contributed by atoms with Crippen molar-refractivity contribution in [3.63, 3.8) is 0 Å². The topological polar surface area (TPSA) is 54.9 Å².